The molecule has 0 amide bonds. The van der Waals surface area contributed by atoms with E-state index in [2.05, 4.69) is 15.9 Å². The Bertz CT molecular complexity index is 413. The van der Waals surface area contributed by atoms with Crippen molar-refractivity contribution < 1.29 is 19.4 Å². The molecule has 1 N–H and O–H groups in total. The third-order valence-corrected chi connectivity index (χ3v) is 3.13. The number of aromatic carboxylic acids is 1. The van der Waals surface area contributed by atoms with Gasteiger partial charge in [0.2, 0.25) is 0 Å². The number of benzene rings is 1. The first kappa shape index (κ1) is 12.4. The largest absolute Gasteiger partial charge is 0.489 e. The average Bonchev–Trinajstić information content (AvgIpc) is 2.30. The van der Waals surface area contributed by atoms with E-state index in [1.165, 1.54) is 0 Å². The van der Waals surface area contributed by atoms with Gasteiger partial charge < -0.3 is 14.6 Å². The molecule has 1 fully saturated rings. The molecule has 1 aliphatic rings. The van der Waals surface area contributed by atoms with Crippen LogP contribution >= 0.6 is 15.9 Å². The summed E-state index contributed by atoms with van der Waals surface area (Å²) in [7, 11) is 0. The lowest BCUT2D eigenvalue weighted by molar-refractivity contribution is 0.0248. The molecule has 1 aliphatic heterocycles. The van der Waals surface area contributed by atoms with Crippen LogP contribution in [-0.2, 0) is 4.74 Å². The molecule has 17 heavy (non-hydrogen) atoms. The molecular weight excluding hydrogens is 288 g/mol. The summed E-state index contributed by atoms with van der Waals surface area (Å²) in [6.45, 7) is 1.34. The van der Waals surface area contributed by atoms with Crippen molar-refractivity contribution in [1.82, 2.24) is 0 Å². The van der Waals surface area contributed by atoms with Crippen molar-refractivity contribution in [3.8, 4) is 5.75 Å². The van der Waals surface area contributed by atoms with E-state index in [0.717, 1.165) is 17.3 Å². The van der Waals surface area contributed by atoms with E-state index in [-0.39, 0.29) is 11.7 Å². The maximum Gasteiger partial charge on any atom is 0.339 e. The van der Waals surface area contributed by atoms with Gasteiger partial charge >= 0.3 is 5.97 Å². The lowest BCUT2D eigenvalue weighted by Gasteiger charge is -2.24. The fourth-order valence-electron chi connectivity index (χ4n) is 1.74. The minimum atomic E-state index is -0.973. The average molecular weight is 301 g/mol. The van der Waals surface area contributed by atoms with Crippen LogP contribution in [0.2, 0.25) is 0 Å². The van der Waals surface area contributed by atoms with Gasteiger partial charge in [0.25, 0.3) is 0 Å². The number of carboxylic acids is 1. The first-order valence-corrected chi connectivity index (χ1v) is 6.23. The van der Waals surface area contributed by atoms with Crippen molar-refractivity contribution in [2.75, 3.05) is 13.2 Å². The Morgan fingerprint density at radius 1 is 1.41 bits per heavy atom. The number of hydrogen-bond donors (Lipinski definition) is 1. The molecule has 0 unspecified atom stereocenters. The quantitative estimate of drug-likeness (QED) is 0.932. The molecule has 4 nitrogen and oxygen atoms in total. The second-order valence-corrected chi connectivity index (χ2v) is 4.79. The topological polar surface area (TPSA) is 55.8 Å². The molecule has 1 heterocycles. The lowest BCUT2D eigenvalue weighted by Crippen LogP contribution is -2.26. The number of halogens is 1. The molecule has 0 bridgehead atoms. The maximum absolute atomic E-state index is 11.1. The van der Waals surface area contributed by atoms with Gasteiger partial charge in [-0.25, -0.2) is 4.79 Å². The van der Waals surface area contributed by atoms with Crippen LogP contribution in [0.5, 0.6) is 5.75 Å². The smallest absolute Gasteiger partial charge is 0.339 e. The zero-order chi connectivity index (χ0) is 12.3. The standard InChI is InChI=1S/C12H13BrO4/c13-8-1-2-10(12(14)15)11(7-8)17-9-3-5-16-6-4-9/h1-2,7,9H,3-6H2,(H,14,15). The highest BCUT2D eigenvalue weighted by Crippen LogP contribution is 2.26. The molecule has 0 aliphatic carbocycles. The van der Waals surface area contributed by atoms with Gasteiger partial charge in [0.15, 0.2) is 0 Å². The van der Waals surface area contributed by atoms with Crippen LogP contribution in [0.15, 0.2) is 22.7 Å². The Hall–Kier alpha value is -1.07. The van der Waals surface area contributed by atoms with Crippen molar-refractivity contribution in [2.45, 2.75) is 18.9 Å². The Morgan fingerprint density at radius 3 is 2.76 bits per heavy atom. The Labute approximate surface area is 108 Å². The summed E-state index contributed by atoms with van der Waals surface area (Å²) in [5, 5.41) is 9.07. The summed E-state index contributed by atoms with van der Waals surface area (Å²) in [5.74, 6) is -0.557. The minimum Gasteiger partial charge on any atom is -0.489 e. The molecule has 0 atom stereocenters. The van der Waals surface area contributed by atoms with Crippen molar-refractivity contribution >= 4 is 21.9 Å². The predicted octanol–water partition coefficient (Wildman–Crippen LogP) is 2.71. The van der Waals surface area contributed by atoms with E-state index < -0.39 is 5.97 Å². The molecule has 92 valence electrons. The SMILES string of the molecule is O=C(O)c1ccc(Br)cc1OC1CCOCC1. The van der Waals surface area contributed by atoms with Crippen molar-refractivity contribution in [2.24, 2.45) is 0 Å². The van der Waals surface area contributed by atoms with Gasteiger partial charge in [0.05, 0.1) is 13.2 Å². The van der Waals surface area contributed by atoms with E-state index in [4.69, 9.17) is 14.6 Å². The van der Waals surface area contributed by atoms with Gasteiger partial charge in [0, 0.05) is 17.3 Å². The Balaban J connectivity index is 2.17. The molecule has 2 rings (SSSR count). The van der Waals surface area contributed by atoms with Crippen molar-refractivity contribution in [1.29, 1.82) is 0 Å². The van der Waals surface area contributed by atoms with Gasteiger partial charge in [-0.15, -0.1) is 0 Å². The number of ether oxygens (including phenoxy) is 2. The normalized spacial score (nSPS) is 16.8. The highest BCUT2D eigenvalue weighted by molar-refractivity contribution is 9.10. The van der Waals surface area contributed by atoms with E-state index in [1.54, 1.807) is 18.2 Å². The molecule has 0 saturated carbocycles. The Kier molecular flexibility index (Phi) is 4.02. The summed E-state index contributed by atoms with van der Waals surface area (Å²) < 4.78 is 11.8. The number of hydrogen-bond acceptors (Lipinski definition) is 3. The monoisotopic (exact) mass is 300 g/mol. The third kappa shape index (κ3) is 3.20. The summed E-state index contributed by atoms with van der Waals surface area (Å²) in [6.07, 6.45) is 1.63. The van der Waals surface area contributed by atoms with Crippen LogP contribution in [0.1, 0.15) is 23.2 Å². The van der Waals surface area contributed by atoms with E-state index in [1.807, 2.05) is 0 Å². The van der Waals surface area contributed by atoms with Crippen molar-refractivity contribution in [3.05, 3.63) is 28.2 Å². The zero-order valence-electron chi connectivity index (χ0n) is 9.19. The van der Waals surface area contributed by atoms with Crippen LogP contribution in [0.25, 0.3) is 0 Å². The predicted molar refractivity (Wildman–Crippen MR) is 65.6 cm³/mol. The highest BCUT2D eigenvalue weighted by atomic mass is 79.9. The van der Waals surface area contributed by atoms with E-state index in [0.29, 0.717) is 19.0 Å². The van der Waals surface area contributed by atoms with E-state index in [9.17, 15) is 4.79 Å². The molecule has 5 heteroatoms. The second-order valence-electron chi connectivity index (χ2n) is 3.88. The number of carbonyl (C=O) groups is 1. The zero-order valence-corrected chi connectivity index (χ0v) is 10.8. The van der Waals surface area contributed by atoms with E-state index >= 15 is 0 Å². The number of rotatable bonds is 3. The van der Waals surface area contributed by atoms with Gasteiger partial charge in [0.1, 0.15) is 17.4 Å². The fourth-order valence-corrected chi connectivity index (χ4v) is 2.08. The van der Waals surface area contributed by atoms with Crippen molar-refractivity contribution in [3.63, 3.8) is 0 Å². The molecule has 0 aromatic heterocycles. The Morgan fingerprint density at radius 2 is 2.12 bits per heavy atom. The molecule has 1 aromatic carbocycles. The summed E-state index contributed by atoms with van der Waals surface area (Å²) in [6, 6.07) is 4.93. The summed E-state index contributed by atoms with van der Waals surface area (Å²) in [4.78, 5) is 11.1. The van der Waals surface area contributed by atoms with Crippen LogP contribution in [-0.4, -0.2) is 30.4 Å². The van der Waals surface area contributed by atoms with Crippen LogP contribution in [0.4, 0.5) is 0 Å². The molecular formula is C12H13BrO4. The van der Waals surface area contributed by atoms with Crippen LogP contribution < -0.4 is 4.74 Å². The lowest BCUT2D eigenvalue weighted by atomic mass is 10.1. The van der Waals surface area contributed by atoms with Gasteiger partial charge in [-0.2, -0.15) is 0 Å². The minimum absolute atomic E-state index is 0.0381. The molecule has 1 saturated heterocycles. The summed E-state index contributed by atoms with van der Waals surface area (Å²) >= 11 is 3.31. The molecule has 1 aromatic rings. The third-order valence-electron chi connectivity index (χ3n) is 2.64. The fraction of sp³-hybridized carbons (Fsp3) is 0.417. The van der Waals surface area contributed by atoms with Gasteiger partial charge in [-0.3, -0.25) is 0 Å². The van der Waals surface area contributed by atoms with Gasteiger partial charge in [-0.1, -0.05) is 15.9 Å². The van der Waals surface area contributed by atoms with Crippen LogP contribution in [0, 0.1) is 0 Å². The summed E-state index contributed by atoms with van der Waals surface area (Å²) in [5.41, 5.74) is 0.194. The van der Waals surface area contributed by atoms with Crippen LogP contribution in [0.3, 0.4) is 0 Å². The second kappa shape index (κ2) is 5.51. The molecule has 0 spiro atoms. The van der Waals surface area contributed by atoms with Gasteiger partial charge in [-0.05, 0) is 18.2 Å². The highest BCUT2D eigenvalue weighted by Gasteiger charge is 2.19. The first-order chi connectivity index (χ1) is 8.16. The number of carboxylic acid groups (broad SMARTS) is 1. The molecule has 0 radical (unpaired) electrons. The first-order valence-electron chi connectivity index (χ1n) is 5.44. The maximum atomic E-state index is 11.1.